The normalized spacial score (nSPS) is 13.9. The van der Waals surface area contributed by atoms with Gasteiger partial charge in [-0.2, -0.15) is 26.3 Å². The number of sulfone groups is 1. The van der Waals surface area contributed by atoms with E-state index in [9.17, 15) is 34.8 Å². The monoisotopic (exact) mass is 1370 g/mol. The number of hydrogen-bond acceptors (Lipinski definition) is 9. The van der Waals surface area contributed by atoms with Crippen LogP contribution in [0, 0.1) is 0 Å². The number of nitrogens with one attached hydrogen (secondary N) is 1. The van der Waals surface area contributed by atoms with Crippen molar-refractivity contribution in [3.63, 3.8) is 0 Å². The number of rotatable bonds is 10. The number of anilines is 8. The average Bonchev–Trinajstić information content (AvgIpc) is 0.733. The van der Waals surface area contributed by atoms with E-state index in [1.54, 1.807) is 30.0 Å². The Labute approximate surface area is 576 Å². The minimum atomic E-state index is -4.47. The number of nitrogens with zero attached hydrogens (tertiary/aromatic N) is 3. The molecule has 4 aliphatic heterocycles. The van der Waals surface area contributed by atoms with Crippen molar-refractivity contribution in [2.45, 2.75) is 224 Å². The van der Waals surface area contributed by atoms with E-state index in [0.29, 0.717) is 41.0 Å². The molecule has 510 valence electrons. The van der Waals surface area contributed by atoms with Crippen LogP contribution in [0.4, 0.5) is 71.8 Å². The third kappa shape index (κ3) is 17.5. The van der Waals surface area contributed by atoms with Crippen molar-refractivity contribution in [3.8, 4) is 0 Å². The Morgan fingerprint density at radius 3 is 1.16 bits per heavy atom. The summed E-state index contributed by atoms with van der Waals surface area (Å²) in [6.45, 7) is 31.7. The van der Waals surface area contributed by atoms with Gasteiger partial charge >= 0.3 is 12.4 Å². The molecule has 8 aromatic carbocycles. The molecule has 0 atom stereocenters. The lowest BCUT2D eigenvalue weighted by atomic mass is 10.0. The SMILES string of the molecule is C.C.CC(C)c1ccc2c(c1)N(CC(F)(F)F)c1ccc(C(C)C)cc1S2(=O)=O.CC(C)c1ccc2c(c1)Nc1ccc(C(C)C)cc1S2.CC(C)c1ccc2c(c1)Sc1ccc(C(C)C)cc1N2C.CC(C)c1ccc2c(c1)Sc1ccc(C(C)C)cc1N2CC(F)(F)F. The van der Waals surface area contributed by atoms with Crippen molar-refractivity contribution >= 4 is 90.6 Å². The van der Waals surface area contributed by atoms with Gasteiger partial charge in [0.15, 0.2) is 0 Å². The maximum atomic E-state index is 13.3. The topological polar surface area (TPSA) is 55.9 Å². The molecule has 0 saturated carbocycles. The van der Waals surface area contributed by atoms with Crippen LogP contribution in [-0.4, -0.2) is 40.9 Å². The van der Waals surface area contributed by atoms with Gasteiger partial charge in [0.05, 0.1) is 55.3 Å². The average molecular weight is 1380 g/mol. The Balaban J connectivity index is 0.000000179. The molecule has 0 aliphatic carbocycles. The van der Waals surface area contributed by atoms with E-state index in [0.717, 1.165) is 36.9 Å². The molecule has 0 unspecified atom stereocenters. The molecule has 0 bridgehead atoms. The fourth-order valence-electron chi connectivity index (χ4n) is 11.4. The van der Waals surface area contributed by atoms with E-state index < -0.39 is 35.3 Å². The van der Waals surface area contributed by atoms with Gasteiger partial charge in [-0.05, 0) is 189 Å². The van der Waals surface area contributed by atoms with Crippen LogP contribution in [0.25, 0.3) is 0 Å². The fraction of sp³-hybridized carbons (Fsp3) is 0.392. The zero-order valence-corrected chi connectivity index (χ0v) is 59.7. The molecule has 4 heterocycles. The molecular formula is C79H96F6N4O2S4. The van der Waals surface area contributed by atoms with Crippen molar-refractivity contribution in [3.05, 3.63) is 190 Å². The second-order valence-corrected chi connectivity index (χ2v) is 32.1. The lowest BCUT2D eigenvalue weighted by Gasteiger charge is -2.34. The van der Waals surface area contributed by atoms with Crippen LogP contribution in [0.1, 0.15) is 217 Å². The number of alkyl halides is 6. The third-order valence-corrected chi connectivity index (χ3v) is 22.5. The quantitative estimate of drug-likeness (QED) is 0.135. The molecule has 0 saturated heterocycles. The van der Waals surface area contributed by atoms with Crippen LogP contribution in [-0.2, 0) is 9.84 Å². The minimum Gasteiger partial charge on any atom is -0.354 e. The third-order valence-electron chi connectivity index (χ3n) is 17.3. The molecular weight excluding hydrogens is 1280 g/mol. The van der Waals surface area contributed by atoms with Crippen molar-refractivity contribution in [2.24, 2.45) is 0 Å². The molecule has 0 fully saturated rings. The number of halogens is 6. The van der Waals surface area contributed by atoms with E-state index in [4.69, 9.17) is 0 Å². The summed E-state index contributed by atoms with van der Waals surface area (Å²) >= 11 is 5.32. The first-order chi connectivity index (χ1) is 43.6. The predicted octanol–water partition coefficient (Wildman–Crippen LogP) is 26.5. The second kappa shape index (κ2) is 30.5. The van der Waals surface area contributed by atoms with Crippen molar-refractivity contribution < 1.29 is 34.8 Å². The Bertz CT molecular complexity index is 4080. The molecule has 0 amide bonds. The van der Waals surface area contributed by atoms with Gasteiger partial charge in [0.2, 0.25) is 9.84 Å². The molecule has 8 aromatic rings. The summed E-state index contributed by atoms with van der Waals surface area (Å²) in [5, 5.41) is 3.58. The summed E-state index contributed by atoms with van der Waals surface area (Å²) in [6, 6.07) is 48.3. The van der Waals surface area contributed by atoms with Gasteiger partial charge in [0.25, 0.3) is 0 Å². The van der Waals surface area contributed by atoms with Crippen LogP contribution in [0.15, 0.2) is 185 Å². The maximum absolute atomic E-state index is 13.3. The summed E-state index contributed by atoms with van der Waals surface area (Å²) < 4.78 is 106. The van der Waals surface area contributed by atoms with Crippen molar-refractivity contribution in [1.29, 1.82) is 0 Å². The molecule has 6 nitrogen and oxygen atoms in total. The van der Waals surface area contributed by atoms with Gasteiger partial charge in [-0.25, -0.2) is 8.42 Å². The molecule has 4 aliphatic rings. The molecule has 1 N–H and O–H groups in total. The van der Waals surface area contributed by atoms with Crippen LogP contribution in [0.3, 0.4) is 0 Å². The van der Waals surface area contributed by atoms with Crippen LogP contribution < -0.4 is 20.0 Å². The Morgan fingerprint density at radius 1 is 0.337 bits per heavy atom. The smallest absolute Gasteiger partial charge is 0.354 e. The number of hydrogen-bond donors (Lipinski definition) is 1. The maximum Gasteiger partial charge on any atom is 0.406 e. The number of fused-ring (bicyclic) bond motifs is 8. The molecule has 0 aromatic heterocycles. The first kappa shape index (κ1) is 75.9. The Hall–Kier alpha value is -6.46. The van der Waals surface area contributed by atoms with Gasteiger partial charge in [0, 0.05) is 36.4 Å². The molecule has 95 heavy (non-hydrogen) atoms. The van der Waals surface area contributed by atoms with Crippen LogP contribution in [0.2, 0.25) is 0 Å². The Morgan fingerprint density at radius 2 is 0.674 bits per heavy atom. The van der Waals surface area contributed by atoms with Gasteiger partial charge in [0.1, 0.15) is 13.1 Å². The van der Waals surface area contributed by atoms with Crippen molar-refractivity contribution in [2.75, 3.05) is 40.2 Å². The molecule has 0 spiro atoms. The standard InChI is InChI=1S/C20H22F3NO2S.C20H22F3NS.C19H23NS.C18H21NS.2CH4/c1-12(2)14-6-8-18-17(9-14)24(11-20(21,22)23)16-7-5-15(13(3)4)10-19(16)27(18,25)26;1-12(2)14-6-8-18-17(9-14)24(11-20(21,22)23)16-7-5-15(13(3)4)10-19(16)25-18;1-12(2)14-7-9-18-17(10-14)20(5)16-8-6-15(13(3)4)11-19(16)21-18;1-11(2)13-6-8-17-16(9-13)19-15-7-5-14(12(3)4)10-18(15)20-17;;/h5-10,12-13H,11H2,1-4H3;5-10,12-13H,11H2,1-4H3;6-13H,1-5H3;5-12,19H,1-4H3;2*1H4. The highest BCUT2D eigenvalue weighted by atomic mass is 32.2. The largest absolute Gasteiger partial charge is 0.406 e. The van der Waals surface area contributed by atoms with E-state index >= 15 is 0 Å². The van der Waals surface area contributed by atoms with E-state index in [-0.39, 0.29) is 53.8 Å². The summed E-state index contributed by atoms with van der Waals surface area (Å²) in [6.07, 6.45) is -8.73. The zero-order valence-electron chi connectivity index (χ0n) is 56.4. The minimum absolute atomic E-state index is 0. The highest BCUT2D eigenvalue weighted by Crippen LogP contribution is 2.53. The summed E-state index contributed by atoms with van der Waals surface area (Å²) in [5.74, 6) is 3.02. The highest BCUT2D eigenvalue weighted by Gasteiger charge is 2.41. The van der Waals surface area contributed by atoms with E-state index in [2.05, 4.69) is 173 Å². The molecule has 0 radical (unpaired) electrons. The van der Waals surface area contributed by atoms with Gasteiger partial charge in [-0.1, -0.05) is 209 Å². The fourth-order valence-corrected chi connectivity index (χ4v) is 16.4. The van der Waals surface area contributed by atoms with E-state index in [1.165, 1.54) is 87.7 Å². The summed E-state index contributed by atoms with van der Waals surface area (Å²) in [7, 11) is -1.72. The second-order valence-electron chi connectivity index (χ2n) is 27.0. The van der Waals surface area contributed by atoms with Gasteiger partial charge < -0.3 is 20.0 Å². The first-order valence-electron chi connectivity index (χ1n) is 32.2. The van der Waals surface area contributed by atoms with Crippen LogP contribution >= 0.6 is 35.3 Å². The summed E-state index contributed by atoms with van der Waals surface area (Å²) in [5.41, 5.74) is 15.9. The lowest BCUT2D eigenvalue weighted by molar-refractivity contribution is -0.119. The highest BCUT2D eigenvalue weighted by molar-refractivity contribution is 8.00. The molecule has 16 heteroatoms. The van der Waals surface area contributed by atoms with Crippen LogP contribution in [0.5, 0.6) is 0 Å². The van der Waals surface area contributed by atoms with Gasteiger partial charge in [-0.15, -0.1) is 0 Å². The summed E-state index contributed by atoms with van der Waals surface area (Å²) in [4.78, 5) is 11.8. The van der Waals surface area contributed by atoms with E-state index in [1.807, 2.05) is 87.6 Å². The van der Waals surface area contributed by atoms with Crippen molar-refractivity contribution in [1.82, 2.24) is 0 Å². The zero-order chi connectivity index (χ0) is 67.9. The number of benzene rings is 8. The molecule has 12 rings (SSSR count). The first-order valence-corrected chi connectivity index (χ1v) is 36.1. The predicted molar refractivity (Wildman–Crippen MR) is 393 cm³/mol. The lowest BCUT2D eigenvalue weighted by Crippen LogP contribution is -2.34. The Kier molecular flexibility index (Phi) is 24.4. The van der Waals surface area contributed by atoms with Gasteiger partial charge in [-0.3, -0.25) is 0 Å².